The van der Waals surface area contributed by atoms with E-state index in [9.17, 15) is 13.2 Å². The molecule has 0 aromatic heterocycles. The highest BCUT2D eigenvalue weighted by molar-refractivity contribution is 7.92. The third kappa shape index (κ3) is 5.35. The van der Waals surface area contributed by atoms with Gasteiger partial charge in [0.25, 0.3) is 10.0 Å². The molecular formula is C23H24N2O5S. The molecular weight excluding hydrogens is 416 g/mol. The lowest BCUT2D eigenvalue weighted by atomic mass is 10.1. The van der Waals surface area contributed by atoms with Crippen LogP contribution in [0.15, 0.2) is 77.7 Å². The number of sulfonamides is 1. The van der Waals surface area contributed by atoms with Crippen LogP contribution in [0.5, 0.6) is 5.75 Å². The number of anilines is 2. The average Bonchev–Trinajstić information content (AvgIpc) is 2.79. The first-order valence-corrected chi connectivity index (χ1v) is 11.0. The molecule has 0 aliphatic rings. The molecule has 0 bridgehead atoms. The van der Waals surface area contributed by atoms with Gasteiger partial charge in [0, 0.05) is 19.3 Å². The number of hydrogen-bond donors (Lipinski definition) is 1. The molecule has 3 rings (SSSR count). The van der Waals surface area contributed by atoms with Gasteiger partial charge in [-0.25, -0.2) is 13.2 Å². The van der Waals surface area contributed by atoms with Gasteiger partial charge in [-0.05, 0) is 48.0 Å². The summed E-state index contributed by atoms with van der Waals surface area (Å²) in [6.45, 7) is 0.490. The fourth-order valence-electron chi connectivity index (χ4n) is 3.10. The fraction of sp³-hybridized carbons (Fsp3) is 0.174. The number of carbonyl (C=O) groups is 1. The number of rotatable bonds is 8. The van der Waals surface area contributed by atoms with Crippen LogP contribution in [0.25, 0.3) is 0 Å². The van der Waals surface area contributed by atoms with Crippen LogP contribution in [0.2, 0.25) is 0 Å². The average molecular weight is 441 g/mol. The van der Waals surface area contributed by atoms with Gasteiger partial charge in [-0.1, -0.05) is 30.3 Å². The Bertz CT molecular complexity index is 1150. The number of hydrogen-bond acceptors (Lipinski definition) is 6. The van der Waals surface area contributed by atoms with Crippen molar-refractivity contribution < 1.29 is 22.7 Å². The lowest BCUT2D eigenvalue weighted by Gasteiger charge is -2.23. The summed E-state index contributed by atoms with van der Waals surface area (Å²) in [4.78, 5) is 13.8. The molecule has 162 valence electrons. The van der Waals surface area contributed by atoms with Crippen molar-refractivity contribution in [2.24, 2.45) is 0 Å². The Kier molecular flexibility index (Phi) is 6.81. The molecule has 8 heteroatoms. The van der Waals surface area contributed by atoms with Gasteiger partial charge in [-0.3, -0.25) is 4.72 Å². The van der Waals surface area contributed by atoms with Crippen molar-refractivity contribution in [1.82, 2.24) is 0 Å². The first-order valence-electron chi connectivity index (χ1n) is 9.48. The van der Waals surface area contributed by atoms with Crippen LogP contribution in [-0.2, 0) is 21.3 Å². The zero-order valence-corrected chi connectivity index (χ0v) is 18.3. The van der Waals surface area contributed by atoms with Crippen LogP contribution in [0.3, 0.4) is 0 Å². The third-order valence-electron chi connectivity index (χ3n) is 4.69. The van der Waals surface area contributed by atoms with Gasteiger partial charge in [-0.15, -0.1) is 0 Å². The molecule has 3 aromatic rings. The minimum absolute atomic E-state index is 0.0235. The molecule has 0 fully saturated rings. The van der Waals surface area contributed by atoms with Crippen molar-refractivity contribution in [2.45, 2.75) is 11.4 Å². The van der Waals surface area contributed by atoms with E-state index in [1.165, 1.54) is 20.3 Å². The van der Waals surface area contributed by atoms with Crippen molar-refractivity contribution >= 4 is 27.4 Å². The van der Waals surface area contributed by atoms with Crippen molar-refractivity contribution in [3.8, 4) is 5.75 Å². The molecule has 3 aromatic carbocycles. The number of ether oxygens (including phenoxy) is 2. The van der Waals surface area contributed by atoms with E-state index in [0.29, 0.717) is 23.7 Å². The molecule has 0 atom stereocenters. The largest absolute Gasteiger partial charge is 0.497 e. The molecule has 0 radical (unpaired) electrons. The highest BCUT2D eigenvalue weighted by atomic mass is 32.2. The molecule has 31 heavy (non-hydrogen) atoms. The summed E-state index contributed by atoms with van der Waals surface area (Å²) >= 11 is 0. The Morgan fingerprint density at radius 2 is 1.65 bits per heavy atom. The van der Waals surface area contributed by atoms with Crippen molar-refractivity contribution in [2.75, 3.05) is 30.9 Å². The fourth-order valence-corrected chi connectivity index (χ4v) is 4.44. The normalized spacial score (nSPS) is 10.9. The number of carbonyl (C=O) groups excluding carboxylic acids is 1. The molecule has 0 saturated heterocycles. The topological polar surface area (TPSA) is 84.9 Å². The van der Waals surface area contributed by atoms with E-state index in [2.05, 4.69) is 4.72 Å². The van der Waals surface area contributed by atoms with Crippen LogP contribution in [-0.4, -0.2) is 35.7 Å². The first kappa shape index (κ1) is 22.2. The zero-order chi connectivity index (χ0) is 22.4. The maximum atomic E-state index is 13.3. The van der Waals surface area contributed by atoms with Gasteiger partial charge in [0.2, 0.25) is 0 Å². The zero-order valence-electron chi connectivity index (χ0n) is 17.5. The standard InChI is InChI=1S/C23H24N2O5S/c1-25(16-17-7-5-4-6-8-17)21-14-9-18(23(26)30-3)15-22(21)31(27,28)24-19-10-12-20(29-2)13-11-19/h4-15,24H,16H2,1-3H3. The van der Waals surface area contributed by atoms with E-state index in [0.717, 1.165) is 5.56 Å². The van der Waals surface area contributed by atoms with E-state index in [1.54, 1.807) is 43.4 Å². The molecule has 0 unspecified atom stereocenters. The van der Waals surface area contributed by atoms with Crippen LogP contribution in [0, 0.1) is 0 Å². The number of nitrogens with one attached hydrogen (secondary N) is 1. The number of esters is 1. The van der Waals surface area contributed by atoms with Crippen molar-refractivity contribution in [3.63, 3.8) is 0 Å². The quantitative estimate of drug-likeness (QED) is 0.535. The summed E-state index contributed by atoms with van der Waals surface area (Å²) in [5.41, 5.74) is 2.00. The first-order chi connectivity index (χ1) is 14.8. The Morgan fingerprint density at radius 1 is 0.968 bits per heavy atom. The summed E-state index contributed by atoms with van der Waals surface area (Å²) in [6.07, 6.45) is 0. The highest BCUT2D eigenvalue weighted by Crippen LogP contribution is 2.29. The molecule has 0 saturated carbocycles. The summed E-state index contributed by atoms with van der Waals surface area (Å²) in [5.74, 6) is -0.00270. The Hall–Kier alpha value is -3.52. The van der Waals surface area contributed by atoms with Crippen LogP contribution in [0.1, 0.15) is 15.9 Å². The predicted octanol–water partition coefficient (Wildman–Crippen LogP) is 3.92. The van der Waals surface area contributed by atoms with Crippen LogP contribution in [0.4, 0.5) is 11.4 Å². The maximum absolute atomic E-state index is 13.3. The van der Waals surface area contributed by atoms with E-state index < -0.39 is 16.0 Å². The lowest BCUT2D eigenvalue weighted by molar-refractivity contribution is 0.0600. The summed E-state index contributed by atoms with van der Waals surface area (Å²) in [5, 5.41) is 0. The lowest BCUT2D eigenvalue weighted by Crippen LogP contribution is -2.22. The molecule has 1 N–H and O–H groups in total. The van der Waals surface area contributed by atoms with E-state index in [4.69, 9.17) is 9.47 Å². The van der Waals surface area contributed by atoms with Gasteiger partial charge in [0.05, 0.1) is 25.5 Å². The predicted molar refractivity (Wildman–Crippen MR) is 120 cm³/mol. The molecule has 0 heterocycles. The minimum atomic E-state index is -4.01. The van der Waals surface area contributed by atoms with Crippen LogP contribution >= 0.6 is 0 Å². The van der Waals surface area contributed by atoms with Gasteiger partial charge in [0.1, 0.15) is 10.6 Å². The second kappa shape index (κ2) is 9.53. The smallest absolute Gasteiger partial charge is 0.337 e. The van der Waals surface area contributed by atoms with Gasteiger partial charge in [0.15, 0.2) is 0 Å². The van der Waals surface area contributed by atoms with Crippen molar-refractivity contribution in [1.29, 1.82) is 0 Å². The Balaban J connectivity index is 2.00. The summed E-state index contributed by atoms with van der Waals surface area (Å²) in [6, 6.07) is 20.7. The third-order valence-corrected chi connectivity index (χ3v) is 6.10. The second-order valence-electron chi connectivity index (χ2n) is 6.85. The molecule has 0 spiro atoms. The van der Waals surface area contributed by atoms with E-state index >= 15 is 0 Å². The van der Waals surface area contributed by atoms with E-state index in [-0.39, 0.29) is 10.5 Å². The van der Waals surface area contributed by atoms with Crippen LogP contribution < -0.4 is 14.4 Å². The SMILES string of the molecule is COC(=O)c1ccc(N(C)Cc2ccccc2)c(S(=O)(=O)Nc2ccc(OC)cc2)c1. The molecule has 0 amide bonds. The molecule has 7 nitrogen and oxygen atoms in total. The van der Waals surface area contributed by atoms with Crippen molar-refractivity contribution in [3.05, 3.63) is 83.9 Å². The van der Waals surface area contributed by atoms with Gasteiger partial charge < -0.3 is 14.4 Å². The number of benzene rings is 3. The van der Waals surface area contributed by atoms with Gasteiger partial charge >= 0.3 is 5.97 Å². The molecule has 0 aliphatic carbocycles. The molecule has 0 aliphatic heterocycles. The number of methoxy groups -OCH3 is 2. The monoisotopic (exact) mass is 440 g/mol. The van der Waals surface area contributed by atoms with E-state index in [1.807, 2.05) is 35.2 Å². The highest BCUT2D eigenvalue weighted by Gasteiger charge is 2.23. The maximum Gasteiger partial charge on any atom is 0.337 e. The number of nitrogens with zero attached hydrogens (tertiary/aromatic N) is 1. The second-order valence-corrected chi connectivity index (χ2v) is 8.50. The Morgan fingerprint density at radius 3 is 2.26 bits per heavy atom. The Labute approximate surface area is 182 Å². The minimum Gasteiger partial charge on any atom is -0.497 e. The van der Waals surface area contributed by atoms with Gasteiger partial charge in [-0.2, -0.15) is 0 Å². The summed E-state index contributed by atoms with van der Waals surface area (Å²) < 4.78 is 39.0. The summed E-state index contributed by atoms with van der Waals surface area (Å²) in [7, 11) is 0.578.